The highest BCUT2D eigenvalue weighted by molar-refractivity contribution is 5.85. The molecule has 0 fully saturated rings. The van der Waals surface area contributed by atoms with Crippen LogP contribution in [0.4, 0.5) is 0 Å². The van der Waals surface area contributed by atoms with Gasteiger partial charge in [0.2, 0.25) is 0 Å². The standard InChI is InChI=1S/C17H27NO.ClH/c1-4-11-18(12-5-2)15-10-9-14-7-6-8-16(19)17(14)13(15)3;/h6-8,13,15,19H,4-5,9-12H2,1-3H3;1H/t13-,15+;/m0./s1. The molecule has 0 saturated carbocycles. The first-order valence-electron chi connectivity index (χ1n) is 7.73. The van der Waals surface area contributed by atoms with Gasteiger partial charge in [-0.25, -0.2) is 0 Å². The Labute approximate surface area is 129 Å². The average molecular weight is 298 g/mol. The van der Waals surface area contributed by atoms with Gasteiger partial charge in [0.05, 0.1) is 0 Å². The monoisotopic (exact) mass is 297 g/mol. The summed E-state index contributed by atoms with van der Waals surface area (Å²) in [7, 11) is 0. The smallest absolute Gasteiger partial charge is 0.119 e. The molecule has 0 saturated heterocycles. The molecule has 20 heavy (non-hydrogen) atoms. The molecule has 1 aromatic carbocycles. The van der Waals surface area contributed by atoms with Gasteiger partial charge < -0.3 is 5.11 Å². The fourth-order valence-corrected chi connectivity index (χ4v) is 3.61. The SMILES string of the molecule is CCCN(CCC)[C@@H]1CCc2cccc(O)c2[C@H]1C.Cl. The molecule has 0 spiro atoms. The number of aromatic hydroxyl groups is 1. The minimum absolute atomic E-state index is 0. The second-order valence-electron chi connectivity index (χ2n) is 5.78. The Hall–Kier alpha value is -0.730. The van der Waals surface area contributed by atoms with Crippen molar-refractivity contribution < 1.29 is 5.11 Å². The number of hydrogen-bond donors (Lipinski definition) is 1. The van der Waals surface area contributed by atoms with E-state index in [1.165, 1.54) is 43.5 Å². The summed E-state index contributed by atoms with van der Waals surface area (Å²) in [5, 5.41) is 10.2. The lowest BCUT2D eigenvalue weighted by Crippen LogP contribution is -2.42. The van der Waals surface area contributed by atoms with E-state index in [4.69, 9.17) is 0 Å². The van der Waals surface area contributed by atoms with Crippen LogP contribution in [0.2, 0.25) is 0 Å². The Morgan fingerprint density at radius 1 is 1.20 bits per heavy atom. The molecule has 2 nitrogen and oxygen atoms in total. The molecule has 0 amide bonds. The first kappa shape index (κ1) is 17.3. The van der Waals surface area contributed by atoms with Gasteiger partial charge in [0.15, 0.2) is 0 Å². The first-order chi connectivity index (χ1) is 9.19. The van der Waals surface area contributed by atoms with E-state index in [0.29, 0.717) is 17.7 Å². The number of rotatable bonds is 5. The van der Waals surface area contributed by atoms with E-state index in [9.17, 15) is 5.11 Å². The predicted octanol–water partition coefficient (Wildman–Crippen LogP) is 4.35. The maximum absolute atomic E-state index is 10.2. The van der Waals surface area contributed by atoms with Gasteiger partial charge in [-0.15, -0.1) is 12.4 Å². The maximum Gasteiger partial charge on any atom is 0.119 e. The van der Waals surface area contributed by atoms with Crippen LogP contribution in [-0.4, -0.2) is 29.1 Å². The van der Waals surface area contributed by atoms with Crippen molar-refractivity contribution in [1.29, 1.82) is 0 Å². The van der Waals surface area contributed by atoms with Crippen molar-refractivity contribution in [1.82, 2.24) is 4.90 Å². The summed E-state index contributed by atoms with van der Waals surface area (Å²) in [4.78, 5) is 2.63. The summed E-state index contributed by atoms with van der Waals surface area (Å²) >= 11 is 0. The van der Waals surface area contributed by atoms with Crippen LogP contribution in [-0.2, 0) is 6.42 Å². The van der Waals surface area contributed by atoms with Gasteiger partial charge in [-0.05, 0) is 50.4 Å². The van der Waals surface area contributed by atoms with Crippen LogP contribution in [0.25, 0.3) is 0 Å². The Morgan fingerprint density at radius 2 is 1.85 bits per heavy atom. The fraction of sp³-hybridized carbons (Fsp3) is 0.647. The molecule has 114 valence electrons. The largest absolute Gasteiger partial charge is 0.508 e. The van der Waals surface area contributed by atoms with Crippen LogP contribution < -0.4 is 0 Å². The Balaban J connectivity index is 0.00000200. The minimum atomic E-state index is 0. The van der Waals surface area contributed by atoms with Gasteiger partial charge in [-0.2, -0.15) is 0 Å². The topological polar surface area (TPSA) is 23.5 Å². The third-order valence-electron chi connectivity index (χ3n) is 4.41. The molecule has 0 radical (unpaired) electrons. The van der Waals surface area contributed by atoms with Gasteiger partial charge in [0, 0.05) is 17.5 Å². The van der Waals surface area contributed by atoms with Crippen molar-refractivity contribution in [2.24, 2.45) is 0 Å². The Morgan fingerprint density at radius 3 is 2.45 bits per heavy atom. The molecular formula is C17H28ClNO. The molecular weight excluding hydrogens is 270 g/mol. The predicted molar refractivity (Wildman–Crippen MR) is 88.0 cm³/mol. The van der Waals surface area contributed by atoms with E-state index in [1.807, 2.05) is 12.1 Å². The molecule has 2 rings (SSSR count). The Bertz CT molecular complexity index is 415. The summed E-state index contributed by atoms with van der Waals surface area (Å²) in [5.74, 6) is 0.922. The molecule has 1 aliphatic carbocycles. The number of fused-ring (bicyclic) bond motifs is 1. The maximum atomic E-state index is 10.2. The quantitative estimate of drug-likeness (QED) is 0.873. The van der Waals surface area contributed by atoms with Crippen molar-refractivity contribution in [3.8, 4) is 5.75 Å². The van der Waals surface area contributed by atoms with Crippen molar-refractivity contribution in [2.45, 2.75) is 58.4 Å². The molecule has 3 heteroatoms. The van der Waals surface area contributed by atoms with Gasteiger partial charge in [0.25, 0.3) is 0 Å². The number of phenols is 1. The lowest BCUT2D eigenvalue weighted by Gasteiger charge is -2.39. The minimum Gasteiger partial charge on any atom is -0.508 e. The van der Waals surface area contributed by atoms with Crippen LogP contribution in [0.1, 0.15) is 57.1 Å². The third-order valence-corrected chi connectivity index (χ3v) is 4.41. The van der Waals surface area contributed by atoms with Crippen LogP contribution in [0, 0.1) is 0 Å². The number of aryl methyl sites for hydroxylation is 1. The molecule has 1 N–H and O–H groups in total. The van der Waals surface area contributed by atoms with Crippen LogP contribution in [0.5, 0.6) is 5.75 Å². The number of nitrogens with zero attached hydrogens (tertiary/aromatic N) is 1. The zero-order chi connectivity index (χ0) is 13.8. The van der Waals surface area contributed by atoms with Crippen molar-refractivity contribution in [2.75, 3.05) is 13.1 Å². The van der Waals surface area contributed by atoms with E-state index in [-0.39, 0.29) is 12.4 Å². The van der Waals surface area contributed by atoms with Crippen molar-refractivity contribution in [3.05, 3.63) is 29.3 Å². The number of phenolic OH excluding ortho intramolecular Hbond substituents is 1. The number of hydrogen-bond acceptors (Lipinski definition) is 2. The zero-order valence-electron chi connectivity index (χ0n) is 12.9. The number of benzene rings is 1. The average Bonchev–Trinajstić information content (AvgIpc) is 2.39. The summed E-state index contributed by atoms with van der Waals surface area (Å²) in [5.41, 5.74) is 2.53. The lowest BCUT2D eigenvalue weighted by molar-refractivity contribution is 0.157. The summed E-state index contributed by atoms with van der Waals surface area (Å²) < 4.78 is 0. The highest BCUT2D eigenvalue weighted by Gasteiger charge is 2.31. The third kappa shape index (κ3) is 3.48. The van der Waals surface area contributed by atoms with Gasteiger partial charge in [-0.1, -0.05) is 32.9 Å². The molecule has 2 atom stereocenters. The van der Waals surface area contributed by atoms with Crippen molar-refractivity contribution >= 4 is 12.4 Å². The lowest BCUT2D eigenvalue weighted by atomic mass is 9.79. The van der Waals surface area contributed by atoms with E-state index < -0.39 is 0 Å². The summed E-state index contributed by atoms with van der Waals surface area (Å²) in [6.45, 7) is 9.13. The highest BCUT2D eigenvalue weighted by atomic mass is 35.5. The van der Waals surface area contributed by atoms with Crippen LogP contribution in [0.3, 0.4) is 0 Å². The molecule has 0 aromatic heterocycles. The second kappa shape index (κ2) is 7.90. The zero-order valence-corrected chi connectivity index (χ0v) is 13.7. The van der Waals surface area contributed by atoms with Gasteiger partial charge >= 0.3 is 0 Å². The normalized spacial score (nSPS) is 21.4. The molecule has 1 aromatic rings. The highest BCUT2D eigenvalue weighted by Crippen LogP contribution is 2.39. The van der Waals surface area contributed by atoms with E-state index in [2.05, 4.69) is 31.7 Å². The summed E-state index contributed by atoms with van der Waals surface area (Å²) in [6, 6.07) is 6.56. The second-order valence-corrected chi connectivity index (χ2v) is 5.78. The fourth-order valence-electron chi connectivity index (χ4n) is 3.61. The van der Waals surface area contributed by atoms with E-state index in [1.54, 1.807) is 0 Å². The molecule has 0 unspecified atom stereocenters. The van der Waals surface area contributed by atoms with Crippen LogP contribution in [0.15, 0.2) is 18.2 Å². The Kier molecular flexibility index (Phi) is 6.84. The van der Waals surface area contributed by atoms with E-state index >= 15 is 0 Å². The molecule has 0 bridgehead atoms. The van der Waals surface area contributed by atoms with Gasteiger partial charge in [-0.3, -0.25) is 4.90 Å². The molecule has 0 heterocycles. The van der Waals surface area contributed by atoms with Crippen molar-refractivity contribution in [3.63, 3.8) is 0 Å². The van der Waals surface area contributed by atoms with E-state index in [0.717, 1.165) is 6.42 Å². The first-order valence-corrected chi connectivity index (χ1v) is 7.73. The number of halogens is 1. The van der Waals surface area contributed by atoms with Crippen LogP contribution >= 0.6 is 12.4 Å². The molecule has 0 aliphatic heterocycles. The van der Waals surface area contributed by atoms with Gasteiger partial charge in [0.1, 0.15) is 5.75 Å². The summed E-state index contributed by atoms with van der Waals surface area (Å²) in [6.07, 6.45) is 4.73. The molecule has 1 aliphatic rings.